The molecule has 1 saturated heterocycles. The van der Waals surface area contributed by atoms with E-state index in [1.165, 1.54) is 5.56 Å². The zero-order chi connectivity index (χ0) is 19.4. The quantitative estimate of drug-likeness (QED) is 0.644. The first-order valence-electron chi connectivity index (χ1n) is 8.73. The maximum atomic E-state index is 11.2. The first-order chi connectivity index (χ1) is 13.0. The van der Waals surface area contributed by atoms with Crippen LogP contribution in [0.4, 0.5) is 0 Å². The molecule has 2 aromatic carbocycles. The van der Waals surface area contributed by atoms with Crippen LogP contribution in [0.3, 0.4) is 0 Å². The number of halogens is 1. The van der Waals surface area contributed by atoms with Crippen LogP contribution in [0.1, 0.15) is 29.0 Å². The first kappa shape index (κ1) is 20.0. The van der Waals surface area contributed by atoms with Gasteiger partial charge in [0.2, 0.25) is 0 Å². The van der Waals surface area contributed by atoms with E-state index in [4.69, 9.17) is 9.47 Å². The molecule has 7 heteroatoms. The molecule has 1 aliphatic rings. The number of carbonyl (C=O) groups is 1. The summed E-state index contributed by atoms with van der Waals surface area (Å²) in [5, 5.41) is 12.2. The number of benzene rings is 2. The molecule has 1 heterocycles. The van der Waals surface area contributed by atoms with Gasteiger partial charge in [-0.25, -0.2) is 0 Å². The molecule has 0 saturated carbocycles. The van der Waals surface area contributed by atoms with Crippen molar-refractivity contribution in [1.82, 2.24) is 5.32 Å². The molecule has 1 aliphatic heterocycles. The fraction of sp³-hybridized carbons (Fsp3) is 0.350. The van der Waals surface area contributed by atoms with E-state index in [1.807, 2.05) is 31.2 Å². The number of aliphatic carboxylic acids is 1. The zero-order valence-electron chi connectivity index (χ0n) is 15.2. The van der Waals surface area contributed by atoms with Gasteiger partial charge in [-0.1, -0.05) is 29.8 Å². The third-order valence-corrected chi connectivity index (χ3v) is 6.04. The molecule has 0 bridgehead atoms. The molecule has 0 aromatic heterocycles. The van der Waals surface area contributed by atoms with Crippen molar-refractivity contribution in [1.29, 1.82) is 0 Å². The summed E-state index contributed by atoms with van der Waals surface area (Å²) in [5.74, 6) is 1.01. The second kappa shape index (κ2) is 8.99. The van der Waals surface area contributed by atoms with Gasteiger partial charge in [0.15, 0.2) is 11.5 Å². The Morgan fingerprint density at radius 3 is 2.81 bits per heavy atom. The Bertz CT molecular complexity index is 830. The highest BCUT2D eigenvalue weighted by Gasteiger charge is 2.31. The molecule has 27 heavy (non-hydrogen) atoms. The van der Waals surface area contributed by atoms with Crippen LogP contribution >= 0.6 is 27.7 Å². The van der Waals surface area contributed by atoms with E-state index in [0.29, 0.717) is 30.5 Å². The van der Waals surface area contributed by atoms with Gasteiger partial charge in [0.1, 0.15) is 12.6 Å². The predicted octanol–water partition coefficient (Wildman–Crippen LogP) is 4.52. The fourth-order valence-corrected chi connectivity index (χ4v) is 4.69. The van der Waals surface area contributed by atoms with Crippen LogP contribution in [-0.2, 0) is 11.4 Å². The number of rotatable bonds is 7. The normalized spacial score (nSPS) is 19.1. The molecule has 0 amide bonds. The summed E-state index contributed by atoms with van der Waals surface area (Å²) in [6.45, 7) is 4.93. The van der Waals surface area contributed by atoms with Gasteiger partial charge in [-0.05, 0) is 53.0 Å². The largest absolute Gasteiger partial charge is 0.490 e. The number of hydrogen-bond donors (Lipinski definition) is 2. The lowest BCUT2D eigenvalue weighted by molar-refractivity contribution is -0.138. The molecule has 2 atom stereocenters. The number of aryl methyl sites for hydroxylation is 1. The second-order valence-corrected chi connectivity index (χ2v) is 8.30. The molecule has 1 fully saturated rings. The molecule has 144 valence electrons. The van der Waals surface area contributed by atoms with Crippen LogP contribution < -0.4 is 14.8 Å². The summed E-state index contributed by atoms with van der Waals surface area (Å²) < 4.78 is 12.6. The van der Waals surface area contributed by atoms with Crippen molar-refractivity contribution < 1.29 is 19.4 Å². The number of carboxylic acid groups (broad SMARTS) is 1. The predicted molar refractivity (Wildman–Crippen MR) is 111 cm³/mol. The van der Waals surface area contributed by atoms with Gasteiger partial charge in [0.05, 0.1) is 16.5 Å². The van der Waals surface area contributed by atoms with E-state index in [9.17, 15) is 9.90 Å². The Morgan fingerprint density at radius 1 is 1.33 bits per heavy atom. The van der Waals surface area contributed by atoms with Crippen LogP contribution in [0, 0.1) is 6.92 Å². The first-order valence-corrected chi connectivity index (χ1v) is 10.6. The van der Waals surface area contributed by atoms with E-state index >= 15 is 0 Å². The summed E-state index contributed by atoms with van der Waals surface area (Å²) in [5.41, 5.74) is 3.24. The van der Waals surface area contributed by atoms with Crippen molar-refractivity contribution in [3.8, 4) is 11.5 Å². The van der Waals surface area contributed by atoms with Crippen molar-refractivity contribution >= 4 is 33.7 Å². The zero-order valence-corrected chi connectivity index (χ0v) is 17.6. The van der Waals surface area contributed by atoms with Crippen molar-refractivity contribution in [2.45, 2.75) is 31.9 Å². The minimum absolute atomic E-state index is 0.0903. The average Bonchev–Trinajstić information content (AvgIpc) is 3.11. The molecular formula is C20H22BrNO4S. The highest BCUT2D eigenvalue weighted by Crippen LogP contribution is 2.42. The van der Waals surface area contributed by atoms with Crippen molar-refractivity contribution in [2.24, 2.45) is 0 Å². The lowest BCUT2D eigenvalue weighted by Crippen LogP contribution is -2.33. The molecule has 0 spiro atoms. The van der Waals surface area contributed by atoms with Crippen LogP contribution in [0.5, 0.6) is 11.5 Å². The smallest absolute Gasteiger partial charge is 0.321 e. The van der Waals surface area contributed by atoms with Crippen molar-refractivity contribution in [3.05, 3.63) is 57.6 Å². The molecule has 2 aromatic rings. The van der Waals surface area contributed by atoms with Gasteiger partial charge in [0, 0.05) is 5.75 Å². The van der Waals surface area contributed by atoms with Gasteiger partial charge in [-0.15, -0.1) is 11.8 Å². The third kappa shape index (κ3) is 4.97. The Kier molecular flexibility index (Phi) is 6.68. The van der Waals surface area contributed by atoms with E-state index in [0.717, 1.165) is 15.6 Å². The Balaban J connectivity index is 1.81. The fourth-order valence-electron chi connectivity index (χ4n) is 2.91. The van der Waals surface area contributed by atoms with Crippen LogP contribution in [0.15, 0.2) is 40.9 Å². The lowest BCUT2D eigenvalue weighted by Gasteiger charge is -2.18. The van der Waals surface area contributed by atoms with Gasteiger partial charge in [-0.2, -0.15) is 0 Å². The van der Waals surface area contributed by atoms with E-state index in [-0.39, 0.29) is 5.37 Å². The Morgan fingerprint density at radius 2 is 2.15 bits per heavy atom. The van der Waals surface area contributed by atoms with Crippen LogP contribution in [0.2, 0.25) is 0 Å². The average molecular weight is 452 g/mol. The molecule has 0 aliphatic carbocycles. The topological polar surface area (TPSA) is 67.8 Å². The minimum atomic E-state index is -0.827. The van der Waals surface area contributed by atoms with Crippen molar-refractivity contribution in [2.75, 3.05) is 12.4 Å². The van der Waals surface area contributed by atoms with Gasteiger partial charge < -0.3 is 14.6 Å². The standard InChI is InChI=1S/C20H22BrNO4S/c1-3-25-17-9-14(19-22-16(11-27-19)20(23)24)8-15(21)18(17)26-10-13-6-4-5-12(2)7-13/h4-9,16,19,22H,3,10-11H2,1-2H3,(H,23,24)/t16-,19+/m1/s1. The highest BCUT2D eigenvalue weighted by atomic mass is 79.9. The second-order valence-electron chi connectivity index (χ2n) is 6.31. The number of hydrogen-bond acceptors (Lipinski definition) is 5. The summed E-state index contributed by atoms with van der Waals surface area (Å²) >= 11 is 5.16. The summed E-state index contributed by atoms with van der Waals surface area (Å²) in [6, 6.07) is 11.5. The number of carboxylic acids is 1. The number of thioether (sulfide) groups is 1. The Hall–Kier alpha value is -1.70. The number of ether oxygens (including phenoxy) is 2. The van der Waals surface area contributed by atoms with Gasteiger partial charge in [0.25, 0.3) is 0 Å². The SMILES string of the molecule is CCOc1cc([C@H]2N[C@@H](C(=O)O)CS2)cc(Br)c1OCc1cccc(C)c1. The van der Waals surface area contributed by atoms with Crippen LogP contribution in [0.25, 0.3) is 0 Å². The molecule has 0 radical (unpaired) electrons. The van der Waals surface area contributed by atoms with Gasteiger partial charge in [-0.3, -0.25) is 10.1 Å². The summed E-state index contributed by atoms with van der Waals surface area (Å²) in [7, 11) is 0. The molecular weight excluding hydrogens is 430 g/mol. The minimum Gasteiger partial charge on any atom is -0.490 e. The molecule has 5 nitrogen and oxygen atoms in total. The van der Waals surface area contributed by atoms with Crippen LogP contribution in [-0.4, -0.2) is 29.5 Å². The van der Waals surface area contributed by atoms with E-state index in [2.05, 4.69) is 40.3 Å². The summed E-state index contributed by atoms with van der Waals surface area (Å²) in [4.78, 5) is 11.2. The lowest BCUT2D eigenvalue weighted by atomic mass is 10.1. The Labute approximate surface area is 171 Å². The third-order valence-electron chi connectivity index (χ3n) is 4.18. The maximum absolute atomic E-state index is 11.2. The number of nitrogens with one attached hydrogen (secondary N) is 1. The maximum Gasteiger partial charge on any atom is 0.321 e. The molecule has 2 N–H and O–H groups in total. The van der Waals surface area contributed by atoms with Crippen molar-refractivity contribution in [3.63, 3.8) is 0 Å². The molecule has 0 unspecified atom stereocenters. The highest BCUT2D eigenvalue weighted by molar-refractivity contribution is 9.10. The molecule has 3 rings (SSSR count). The van der Waals surface area contributed by atoms with Gasteiger partial charge >= 0.3 is 5.97 Å². The van der Waals surface area contributed by atoms with E-state index in [1.54, 1.807) is 11.8 Å². The van der Waals surface area contributed by atoms with E-state index < -0.39 is 12.0 Å². The monoisotopic (exact) mass is 451 g/mol. The summed E-state index contributed by atoms with van der Waals surface area (Å²) in [6.07, 6.45) is 0.